The minimum Gasteiger partial charge on any atom is -0.507 e. The van der Waals surface area contributed by atoms with Gasteiger partial charge in [-0.05, 0) is 35.9 Å². The summed E-state index contributed by atoms with van der Waals surface area (Å²) in [5.41, 5.74) is 1.03. The van der Waals surface area contributed by atoms with Crippen LogP contribution in [0.1, 0.15) is 17.2 Å². The van der Waals surface area contributed by atoms with E-state index in [2.05, 4.69) is 20.9 Å². The van der Waals surface area contributed by atoms with E-state index in [0.717, 1.165) is 4.47 Å². The molecule has 0 bridgehead atoms. The number of hydrogen-bond donors (Lipinski definition) is 1. The first kappa shape index (κ1) is 19.8. The molecule has 31 heavy (non-hydrogen) atoms. The summed E-state index contributed by atoms with van der Waals surface area (Å²) in [5.74, 6) is -0.746. The molecule has 156 valence electrons. The molecule has 5 rings (SSSR count). The number of fused-ring (bicyclic) bond motifs is 1. The minimum absolute atomic E-state index is 0.00465. The van der Waals surface area contributed by atoms with Gasteiger partial charge in [0.2, 0.25) is 0 Å². The number of halogens is 1. The average Bonchev–Trinajstić information content (AvgIpc) is 3.40. The van der Waals surface area contributed by atoms with Crippen LogP contribution in [0.4, 0.5) is 5.13 Å². The molecule has 3 heterocycles. The number of ether oxygens (including phenoxy) is 2. The van der Waals surface area contributed by atoms with Gasteiger partial charge in [-0.1, -0.05) is 28.1 Å². The number of carbonyl (C=O) groups excluding carboxylic acids is 2. The topological polar surface area (TPSA) is 89.0 Å². The SMILES string of the molecule is O=C1C(=O)N(c2nccs2)[C@H](c2cccc(Br)c2)/C1=C(\O)c1ccc2c(c1)OCCO2. The number of ketones is 1. The second kappa shape index (κ2) is 7.82. The van der Waals surface area contributed by atoms with Crippen molar-refractivity contribution in [2.45, 2.75) is 6.04 Å². The predicted octanol–water partition coefficient (Wildman–Crippen LogP) is 4.30. The molecule has 7 nitrogen and oxygen atoms in total. The molecule has 1 amide bonds. The van der Waals surface area contributed by atoms with Crippen LogP contribution in [0.15, 0.2) is 64.1 Å². The zero-order valence-corrected chi connectivity index (χ0v) is 18.4. The maximum Gasteiger partial charge on any atom is 0.301 e. The molecule has 1 atom stereocenters. The Hall–Kier alpha value is -3.17. The smallest absolute Gasteiger partial charge is 0.301 e. The highest BCUT2D eigenvalue weighted by Crippen LogP contribution is 2.44. The zero-order valence-electron chi connectivity index (χ0n) is 15.9. The molecule has 0 radical (unpaired) electrons. The molecule has 1 aromatic heterocycles. The van der Waals surface area contributed by atoms with Crippen LogP contribution in [0, 0.1) is 0 Å². The summed E-state index contributed by atoms with van der Waals surface area (Å²) in [5, 5.41) is 13.3. The third kappa shape index (κ3) is 3.39. The molecule has 2 aliphatic rings. The van der Waals surface area contributed by atoms with Crippen molar-refractivity contribution in [1.29, 1.82) is 0 Å². The van der Waals surface area contributed by atoms with Crippen molar-refractivity contribution in [1.82, 2.24) is 4.98 Å². The van der Waals surface area contributed by atoms with E-state index in [9.17, 15) is 14.7 Å². The van der Waals surface area contributed by atoms with E-state index in [4.69, 9.17) is 9.47 Å². The van der Waals surface area contributed by atoms with Gasteiger partial charge < -0.3 is 14.6 Å². The lowest BCUT2D eigenvalue weighted by Crippen LogP contribution is -2.29. The van der Waals surface area contributed by atoms with Gasteiger partial charge in [0.15, 0.2) is 16.6 Å². The lowest BCUT2D eigenvalue weighted by atomic mass is 9.95. The van der Waals surface area contributed by atoms with Crippen LogP contribution in [0.25, 0.3) is 5.76 Å². The maximum absolute atomic E-state index is 13.1. The lowest BCUT2D eigenvalue weighted by molar-refractivity contribution is -0.132. The Morgan fingerprint density at radius 1 is 1.13 bits per heavy atom. The van der Waals surface area contributed by atoms with Crippen molar-refractivity contribution in [3.63, 3.8) is 0 Å². The number of amides is 1. The molecular formula is C22H15BrN2O5S. The number of benzene rings is 2. The molecule has 9 heteroatoms. The first-order chi connectivity index (χ1) is 15.0. The van der Waals surface area contributed by atoms with Gasteiger partial charge >= 0.3 is 5.91 Å². The third-order valence-electron chi connectivity index (χ3n) is 5.05. The normalized spacial score (nSPS) is 19.6. The van der Waals surface area contributed by atoms with Crippen LogP contribution in [0.2, 0.25) is 0 Å². The number of aromatic nitrogens is 1. The molecule has 1 N–H and O–H groups in total. The highest BCUT2D eigenvalue weighted by atomic mass is 79.9. The molecular weight excluding hydrogens is 484 g/mol. The number of thiazole rings is 1. The van der Waals surface area contributed by atoms with E-state index in [-0.39, 0.29) is 11.3 Å². The standard InChI is InChI=1S/C22H15BrN2O5S/c23-14-3-1-2-12(10-14)18-17(20(27)21(28)25(18)22-24-6-9-31-22)19(26)13-4-5-15-16(11-13)30-8-7-29-15/h1-6,9-11,18,26H,7-8H2/b19-17+/t18-/m1/s1. The first-order valence-corrected chi connectivity index (χ1v) is 11.1. The van der Waals surface area contributed by atoms with Crippen LogP contribution in [-0.2, 0) is 9.59 Å². The Labute approximate surface area is 189 Å². The molecule has 1 saturated heterocycles. The summed E-state index contributed by atoms with van der Waals surface area (Å²) < 4.78 is 11.9. The van der Waals surface area contributed by atoms with E-state index in [1.54, 1.807) is 35.8 Å². The Balaban J connectivity index is 1.69. The second-order valence-corrected chi connectivity index (χ2v) is 8.69. The quantitative estimate of drug-likeness (QED) is 0.329. The van der Waals surface area contributed by atoms with Crippen LogP contribution in [0.5, 0.6) is 11.5 Å². The van der Waals surface area contributed by atoms with E-state index >= 15 is 0 Å². The summed E-state index contributed by atoms with van der Waals surface area (Å²) >= 11 is 4.69. The Kier molecular flexibility index (Phi) is 4.99. The number of rotatable bonds is 3. The van der Waals surface area contributed by atoms with Crippen molar-refractivity contribution < 1.29 is 24.2 Å². The summed E-state index contributed by atoms with van der Waals surface area (Å²) in [6, 6.07) is 11.4. The van der Waals surface area contributed by atoms with Gasteiger partial charge in [-0.3, -0.25) is 14.5 Å². The van der Waals surface area contributed by atoms with Gasteiger partial charge in [-0.25, -0.2) is 4.98 Å². The van der Waals surface area contributed by atoms with Crippen molar-refractivity contribution in [2.75, 3.05) is 18.1 Å². The number of nitrogens with zero attached hydrogens (tertiary/aromatic N) is 2. The van der Waals surface area contributed by atoms with Crippen LogP contribution in [0.3, 0.4) is 0 Å². The van der Waals surface area contributed by atoms with Gasteiger partial charge in [0.05, 0.1) is 11.6 Å². The van der Waals surface area contributed by atoms with Crippen molar-refractivity contribution in [3.05, 3.63) is 75.2 Å². The van der Waals surface area contributed by atoms with E-state index in [0.29, 0.717) is 41.0 Å². The fraction of sp³-hybridized carbons (Fsp3) is 0.136. The molecule has 1 fully saturated rings. The van der Waals surface area contributed by atoms with E-state index in [1.807, 2.05) is 18.2 Å². The molecule has 2 aliphatic heterocycles. The fourth-order valence-electron chi connectivity index (χ4n) is 3.70. The van der Waals surface area contributed by atoms with E-state index < -0.39 is 17.7 Å². The highest BCUT2D eigenvalue weighted by molar-refractivity contribution is 9.10. The fourth-order valence-corrected chi connectivity index (χ4v) is 4.79. The minimum atomic E-state index is -0.822. The van der Waals surface area contributed by atoms with Gasteiger partial charge in [0.25, 0.3) is 5.78 Å². The third-order valence-corrected chi connectivity index (χ3v) is 6.31. The highest BCUT2D eigenvalue weighted by Gasteiger charge is 2.48. The Bertz CT molecular complexity index is 1220. The van der Waals surface area contributed by atoms with Gasteiger partial charge in [0.1, 0.15) is 19.0 Å². The molecule has 0 spiro atoms. The summed E-state index contributed by atoms with van der Waals surface area (Å²) in [7, 11) is 0. The van der Waals surface area contributed by atoms with Crippen LogP contribution >= 0.6 is 27.3 Å². The van der Waals surface area contributed by atoms with Crippen LogP contribution in [-0.4, -0.2) is 35.0 Å². The van der Waals surface area contributed by atoms with Crippen molar-refractivity contribution >= 4 is 49.8 Å². The van der Waals surface area contributed by atoms with E-state index in [1.165, 1.54) is 16.2 Å². The van der Waals surface area contributed by atoms with Crippen LogP contribution < -0.4 is 14.4 Å². The lowest BCUT2D eigenvalue weighted by Gasteiger charge is -2.23. The van der Waals surface area contributed by atoms with Gasteiger partial charge in [0, 0.05) is 21.6 Å². The number of Topliss-reactive ketones (excluding diaryl/α,β-unsaturated/α-hetero) is 1. The number of carbonyl (C=O) groups is 2. The predicted molar refractivity (Wildman–Crippen MR) is 118 cm³/mol. The first-order valence-electron chi connectivity index (χ1n) is 9.40. The number of hydrogen-bond acceptors (Lipinski definition) is 7. The molecule has 0 aliphatic carbocycles. The summed E-state index contributed by atoms with van der Waals surface area (Å²) in [4.78, 5) is 31.6. The molecule has 0 saturated carbocycles. The summed E-state index contributed by atoms with van der Waals surface area (Å²) in [6.07, 6.45) is 1.57. The maximum atomic E-state index is 13.1. The number of anilines is 1. The average molecular weight is 499 g/mol. The van der Waals surface area contributed by atoms with Crippen molar-refractivity contribution in [3.8, 4) is 11.5 Å². The number of aliphatic hydroxyl groups excluding tert-OH is 1. The second-order valence-electron chi connectivity index (χ2n) is 6.90. The molecule has 2 aromatic carbocycles. The Morgan fingerprint density at radius 2 is 1.94 bits per heavy atom. The van der Waals surface area contributed by atoms with Crippen molar-refractivity contribution in [2.24, 2.45) is 0 Å². The monoisotopic (exact) mass is 498 g/mol. The zero-order chi connectivity index (χ0) is 21.5. The van der Waals surface area contributed by atoms with Gasteiger partial charge in [-0.15, -0.1) is 11.3 Å². The number of aliphatic hydroxyl groups is 1. The Morgan fingerprint density at radius 3 is 2.68 bits per heavy atom. The largest absolute Gasteiger partial charge is 0.507 e. The summed E-state index contributed by atoms with van der Waals surface area (Å²) in [6.45, 7) is 0.837. The molecule has 3 aromatic rings. The van der Waals surface area contributed by atoms with Gasteiger partial charge in [-0.2, -0.15) is 0 Å². The molecule has 0 unspecified atom stereocenters.